The largest absolute Gasteiger partial charge is 0.496 e. The minimum Gasteiger partial charge on any atom is -0.496 e. The first kappa shape index (κ1) is 19.3. The summed E-state index contributed by atoms with van der Waals surface area (Å²) in [4.78, 5) is 12.4. The highest BCUT2D eigenvalue weighted by Crippen LogP contribution is 2.40. The highest BCUT2D eigenvalue weighted by molar-refractivity contribution is 6.30. The van der Waals surface area contributed by atoms with E-state index in [4.69, 9.17) is 21.1 Å². The maximum Gasteiger partial charge on any atom is 0.262 e. The van der Waals surface area contributed by atoms with E-state index < -0.39 is 36.3 Å². The average molecular weight is 389 g/mol. The van der Waals surface area contributed by atoms with E-state index >= 15 is 0 Å². The SMILES string of the molecule is COc1ccc(Cl)cc1C1(CNC(=O)C2CC(F)(F)CN2)CCOCC1. The Bertz CT molecular complexity index is 666. The first-order valence-electron chi connectivity index (χ1n) is 8.66. The minimum absolute atomic E-state index is 0.315. The van der Waals surface area contributed by atoms with Gasteiger partial charge in [0.15, 0.2) is 0 Å². The molecule has 144 valence electrons. The molecule has 2 N–H and O–H groups in total. The zero-order valence-corrected chi connectivity index (χ0v) is 15.4. The van der Waals surface area contributed by atoms with Crippen LogP contribution in [0.4, 0.5) is 8.78 Å². The van der Waals surface area contributed by atoms with Gasteiger partial charge in [0, 0.05) is 42.2 Å². The van der Waals surface area contributed by atoms with Gasteiger partial charge in [-0.3, -0.25) is 10.1 Å². The fraction of sp³-hybridized carbons (Fsp3) is 0.611. The van der Waals surface area contributed by atoms with Crippen LogP contribution in [0.5, 0.6) is 5.75 Å². The van der Waals surface area contributed by atoms with Crippen LogP contribution < -0.4 is 15.4 Å². The van der Waals surface area contributed by atoms with Crippen LogP contribution >= 0.6 is 11.6 Å². The summed E-state index contributed by atoms with van der Waals surface area (Å²) in [6.45, 7) is 0.943. The zero-order valence-electron chi connectivity index (χ0n) is 14.6. The first-order valence-corrected chi connectivity index (χ1v) is 9.04. The number of ether oxygens (including phenoxy) is 2. The van der Waals surface area contributed by atoms with Crippen LogP contribution in [0.2, 0.25) is 5.02 Å². The van der Waals surface area contributed by atoms with Crippen molar-refractivity contribution in [2.24, 2.45) is 0 Å². The maximum atomic E-state index is 13.3. The molecule has 2 saturated heterocycles. The minimum atomic E-state index is -2.84. The van der Waals surface area contributed by atoms with E-state index in [-0.39, 0.29) is 0 Å². The Kier molecular flexibility index (Phi) is 5.69. The number of methoxy groups -OCH3 is 1. The van der Waals surface area contributed by atoms with Crippen LogP contribution in [0.15, 0.2) is 18.2 Å². The van der Waals surface area contributed by atoms with Crippen molar-refractivity contribution in [3.05, 3.63) is 28.8 Å². The molecule has 3 rings (SSSR count). The topological polar surface area (TPSA) is 59.6 Å². The number of rotatable bonds is 5. The third-order valence-electron chi connectivity index (χ3n) is 5.21. The Hall–Kier alpha value is -1.44. The van der Waals surface area contributed by atoms with E-state index in [1.165, 1.54) is 0 Å². The quantitative estimate of drug-likeness (QED) is 0.813. The van der Waals surface area contributed by atoms with Crippen molar-refractivity contribution in [1.29, 1.82) is 0 Å². The highest BCUT2D eigenvalue weighted by Gasteiger charge is 2.43. The molecule has 26 heavy (non-hydrogen) atoms. The molecular weight excluding hydrogens is 366 g/mol. The molecule has 2 fully saturated rings. The second kappa shape index (κ2) is 7.66. The van der Waals surface area contributed by atoms with Crippen molar-refractivity contribution < 1.29 is 23.0 Å². The standard InChI is InChI=1S/C18H23ClF2N2O3/c1-25-15-3-2-12(19)8-13(15)17(4-6-26-7-5-17)10-23-16(24)14-9-18(20,21)11-22-14/h2-3,8,14,22H,4-7,9-11H2,1H3,(H,23,24). The number of alkyl halides is 2. The van der Waals surface area contributed by atoms with Crippen LogP contribution in [0.25, 0.3) is 0 Å². The molecule has 1 aromatic carbocycles. The number of hydrogen-bond acceptors (Lipinski definition) is 4. The molecular formula is C18H23ClF2N2O3. The molecule has 0 spiro atoms. The molecule has 5 nitrogen and oxygen atoms in total. The van der Waals surface area contributed by atoms with Gasteiger partial charge >= 0.3 is 0 Å². The number of carbonyl (C=O) groups excluding carboxylic acids is 1. The lowest BCUT2D eigenvalue weighted by atomic mass is 9.73. The van der Waals surface area contributed by atoms with E-state index in [0.717, 1.165) is 5.56 Å². The molecule has 0 radical (unpaired) electrons. The zero-order chi connectivity index (χ0) is 18.8. The summed E-state index contributed by atoms with van der Waals surface area (Å²) in [5.74, 6) is -2.56. The van der Waals surface area contributed by atoms with E-state index in [1.54, 1.807) is 19.2 Å². The van der Waals surface area contributed by atoms with E-state index in [9.17, 15) is 13.6 Å². The summed E-state index contributed by atoms with van der Waals surface area (Å²) < 4.78 is 37.7. The Balaban J connectivity index is 1.78. The molecule has 2 aliphatic rings. The molecule has 8 heteroatoms. The molecule has 1 aromatic rings. The number of amides is 1. The lowest BCUT2D eigenvalue weighted by molar-refractivity contribution is -0.123. The van der Waals surface area contributed by atoms with Crippen molar-refractivity contribution in [2.45, 2.75) is 36.6 Å². The Labute approximate surface area is 156 Å². The van der Waals surface area contributed by atoms with Gasteiger partial charge in [-0.2, -0.15) is 0 Å². The van der Waals surface area contributed by atoms with E-state index in [0.29, 0.717) is 43.4 Å². The normalized spacial score (nSPS) is 24.2. The molecule has 2 aliphatic heterocycles. The van der Waals surface area contributed by atoms with Gasteiger partial charge in [0.2, 0.25) is 5.91 Å². The van der Waals surface area contributed by atoms with Gasteiger partial charge in [0.25, 0.3) is 5.92 Å². The summed E-state index contributed by atoms with van der Waals surface area (Å²) >= 11 is 6.19. The summed E-state index contributed by atoms with van der Waals surface area (Å²) in [5, 5.41) is 6.02. The maximum absolute atomic E-state index is 13.3. The molecule has 0 aliphatic carbocycles. The summed E-state index contributed by atoms with van der Waals surface area (Å²) in [7, 11) is 1.59. The third kappa shape index (κ3) is 4.10. The van der Waals surface area contributed by atoms with Gasteiger partial charge in [-0.1, -0.05) is 11.6 Å². The van der Waals surface area contributed by atoms with E-state index in [1.807, 2.05) is 6.07 Å². The van der Waals surface area contributed by atoms with Crippen molar-refractivity contribution >= 4 is 17.5 Å². The van der Waals surface area contributed by atoms with Crippen LogP contribution in [-0.2, 0) is 14.9 Å². The van der Waals surface area contributed by atoms with Gasteiger partial charge in [-0.15, -0.1) is 0 Å². The fourth-order valence-electron chi connectivity index (χ4n) is 3.68. The van der Waals surface area contributed by atoms with Crippen LogP contribution in [-0.4, -0.2) is 51.3 Å². The van der Waals surface area contributed by atoms with Crippen molar-refractivity contribution in [2.75, 3.05) is 33.4 Å². The number of hydrogen-bond donors (Lipinski definition) is 2. The van der Waals surface area contributed by atoms with Crippen LogP contribution in [0.3, 0.4) is 0 Å². The molecule has 1 atom stereocenters. The van der Waals surface area contributed by atoms with Gasteiger partial charge < -0.3 is 14.8 Å². The van der Waals surface area contributed by atoms with Gasteiger partial charge in [0.05, 0.1) is 19.7 Å². The Morgan fingerprint density at radius 2 is 2.15 bits per heavy atom. The van der Waals surface area contributed by atoms with E-state index in [2.05, 4.69) is 10.6 Å². The Morgan fingerprint density at radius 3 is 2.77 bits per heavy atom. The molecule has 2 heterocycles. The second-order valence-corrected chi connectivity index (χ2v) is 7.39. The predicted octanol–water partition coefficient (Wildman–Crippen LogP) is 2.51. The number of halogens is 3. The summed E-state index contributed by atoms with van der Waals surface area (Å²) in [5.41, 5.74) is 0.492. The first-order chi connectivity index (χ1) is 12.4. The van der Waals surface area contributed by atoms with Gasteiger partial charge in [-0.05, 0) is 31.0 Å². The second-order valence-electron chi connectivity index (χ2n) is 6.95. The molecule has 1 unspecified atom stereocenters. The van der Waals surface area contributed by atoms with Crippen molar-refractivity contribution in [1.82, 2.24) is 10.6 Å². The van der Waals surface area contributed by atoms with Gasteiger partial charge in [-0.25, -0.2) is 8.78 Å². The predicted molar refractivity (Wildman–Crippen MR) is 94.1 cm³/mol. The molecule has 0 saturated carbocycles. The fourth-order valence-corrected chi connectivity index (χ4v) is 3.85. The molecule has 1 amide bonds. The summed E-state index contributed by atoms with van der Waals surface area (Å²) in [6.07, 6.45) is 0.881. The van der Waals surface area contributed by atoms with Crippen molar-refractivity contribution in [3.63, 3.8) is 0 Å². The number of benzene rings is 1. The monoisotopic (exact) mass is 388 g/mol. The lowest BCUT2D eigenvalue weighted by Crippen LogP contribution is -2.49. The number of nitrogens with one attached hydrogen (secondary N) is 2. The van der Waals surface area contributed by atoms with Crippen LogP contribution in [0.1, 0.15) is 24.8 Å². The highest BCUT2D eigenvalue weighted by atomic mass is 35.5. The molecule has 0 aromatic heterocycles. The van der Waals surface area contributed by atoms with Crippen molar-refractivity contribution in [3.8, 4) is 5.75 Å². The average Bonchev–Trinajstić information content (AvgIpc) is 3.00. The lowest BCUT2D eigenvalue weighted by Gasteiger charge is -2.39. The van der Waals surface area contributed by atoms with Crippen LogP contribution in [0, 0.1) is 0 Å². The molecule has 0 bridgehead atoms. The Morgan fingerprint density at radius 1 is 1.42 bits per heavy atom. The smallest absolute Gasteiger partial charge is 0.262 e. The van der Waals surface area contributed by atoms with Gasteiger partial charge in [0.1, 0.15) is 5.75 Å². The summed E-state index contributed by atoms with van der Waals surface area (Å²) in [6, 6.07) is 4.53. The number of carbonyl (C=O) groups is 1. The third-order valence-corrected chi connectivity index (χ3v) is 5.45.